The molecule has 4 rings (SSSR count). The maximum Gasteiger partial charge on any atom is 0.341 e. The molecule has 0 unspecified atom stereocenters. The van der Waals surface area contributed by atoms with Gasteiger partial charge in [-0.05, 0) is 75.3 Å². The van der Waals surface area contributed by atoms with Crippen LogP contribution in [0, 0.1) is 20.8 Å². The number of methoxy groups -OCH3 is 1. The molecule has 2 heterocycles. The molecule has 0 fully saturated rings. The van der Waals surface area contributed by atoms with Gasteiger partial charge in [-0.2, -0.15) is 0 Å². The molecular formula is C25H28N2O5S. The molecule has 0 atom stereocenters. The van der Waals surface area contributed by atoms with Gasteiger partial charge in [0.15, 0.2) is 5.69 Å². The number of thiophene rings is 1. The average Bonchev–Trinajstić information content (AvgIpc) is 3.24. The zero-order valence-corrected chi connectivity index (χ0v) is 20.2. The first-order valence-electron chi connectivity index (χ1n) is 11.1. The second-order valence-electron chi connectivity index (χ2n) is 8.31. The number of carbonyl (C=O) groups excluding carboxylic acids is 2. The van der Waals surface area contributed by atoms with E-state index < -0.39 is 11.9 Å². The summed E-state index contributed by atoms with van der Waals surface area (Å²) in [5, 5.41) is 7.36. The van der Waals surface area contributed by atoms with Gasteiger partial charge in [0.1, 0.15) is 23.1 Å². The summed E-state index contributed by atoms with van der Waals surface area (Å²) in [4.78, 5) is 26.9. The number of ether oxygens (including phenoxy) is 2. The highest BCUT2D eigenvalue weighted by Crippen LogP contribution is 2.38. The van der Waals surface area contributed by atoms with Crippen molar-refractivity contribution in [3.8, 4) is 5.75 Å². The van der Waals surface area contributed by atoms with E-state index in [4.69, 9.17) is 14.0 Å². The molecule has 1 N–H and O–H groups in total. The molecule has 7 nitrogen and oxygen atoms in total. The number of fused-ring (bicyclic) bond motifs is 1. The number of carbonyl (C=O) groups is 2. The Balaban J connectivity index is 1.57. The van der Waals surface area contributed by atoms with Crippen molar-refractivity contribution in [2.75, 3.05) is 12.4 Å². The Kier molecular flexibility index (Phi) is 6.83. The first kappa shape index (κ1) is 23.0. The fourth-order valence-corrected chi connectivity index (χ4v) is 5.28. The van der Waals surface area contributed by atoms with Crippen molar-refractivity contribution in [2.24, 2.45) is 0 Å². The van der Waals surface area contributed by atoms with Crippen LogP contribution in [-0.2, 0) is 24.2 Å². The van der Waals surface area contributed by atoms with Gasteiger partial charge in [-0.3, -0.25) is 4.79 Å². The number of rotatable bonds is 6. The lowest BCUT2D eigenvalue weighted by atomic mass is 10.1. The largest absolute Gasteiger partial charge is 0.489 e. The zero-order chi connectivity index (χ0) is 23.5. The van der Waals surface area contributed by atoms with E-state index in [9.17, 15) is 9.59 Å². The number of aromatic nitrogens is 1. The Labute approximate surface area is 197 Å². The Morgan fingerprint density at radius 3 is 2.67 bits per heavy atom. The fraction of sp³-hybridized carbons (Fsp3) is 0.400. The minimum atomic E-state index is -0.438. The van der Waals surface area contributed by atoms with Crippen LogP contribution in [0.3, 0.4) is 0 Å². The van der Waals surface area contributed by atoms with Crippen LogP contribution in [0.5, 0.6) is 5.75 Å². The molecule has 1 amide bonds. The predicted octanol–water partition coefficient (Wildman–Crippen LogP) is 5.55. The van der Waals surface area contributed by atoms with Crippen molar-refractivity contribution < 1.29 is 23.6 Å². The number of nitrogens with one attached hydrogen (secondary N) is 1. The number of hydrogen-bond acceptors (Lipinski definition) is 7. The average molecular weight is 469 g/mol. The lowest BCUT2D eigenvalue weighted by Gasteiger charge is -2.09. The number of amides is 1. The van der Waals surface area contributed by atoms with Crippen LogP contribution in [0.4, 0.5) is 5.00 Å². The van der Waals surface area contributed by atoms with E-state index >= 15 is 0 Å². The number of anilines is 1. The van der Waals surface area contributed by atoms with Gasteiger partial charge in [0, 0.05) is 4.88 Å². The van der Waals surface area contributed by atoms with Crippen LogP contribution in [0.25, 0.3) is 0 Å². The molecule has 0 saturated carbocycles. The first-order valence-corrected chi connectivity index (χ1v) is 11.9. The summed E-state index contributed by atoms with van der Waals surface area (Å²) < 4.78 is 16.2. The summed E-state index contributed by atoms with van der Waals surface area (Å²) >= 11 is 1.45. The van der Waals surface area contributed by atoms with E-state index in [0.29, 0.717) is 27.6 Å². The standard InChI is InChI=1S/C25H28N2O5S/c1-14-10-11-17(12-15(14)2)31-13-19-16(3)32-27-22(19)23(28)26-24-21(25(29)30-4)18-8-6-5-7-9-20(18)33-24/h10-12H,5-9,13H2,1-4H3,(H,26,28). The Hall–Kier alpha value is -3.13. The zero-order valence-electron chi connectivity index (χ0n) is 19.4. The van der Waals surface area contributed by atoms with Crippen LogP contribution in [0.1, 0.15) is 73.0 Å². The first-order chi connectivity index (χ1) is 15.9. The highest BCUT2D eigenvalue weighted by Gasteiger charge is 2.28. The molecule has 2 aromatic heterocycles. The highest BCUT2D eigenvalue weighted by atomic mass is 32.1. The third-order valence-corrected chi connectivity index (χ3v) is 7.31. The Bertz CT molecular complexity index is 1190. The summed E-state index contributed by atoms with van der Waals surface area (Å²) in [6.07, 6.45) is 4.93. The maximum absolute atomic E-state index is 13.2. The van der Waals surface area contributed by atoms with Crippen molar-refractivity contribution >= 4 is 28.2 Å². The summed E-state index contributed by atoms with van der Waals surface area (Å²) in [6, 6.07) is 5.85. The molecule has 174 valence electrons. The van der Waals surface area contributed by atoms with Gasteiger partial charge >= 0.3 is 5.97 Å². The smallest absolute Gasteiger partial charge is 0.341 e. The molecule has 1 aliphatic carbocycles. The van der Waals surface area contributed by atoms with Gasteiger partial charge in [0.25, 0.3) is 5.91 Å². The fourth-order valence-electron chi connectivity index (χ4n) is 4.01. The van der Waals surface area contributed by atoms with Crippen LogP contribution in [-0.4, -0.2) is 24.1 Å². The third kappa shape index (κ3) is 4.80. The summed E-state index contributed by atoms with van der Waals surface area (Å²) in [6.45, 7) is 5.95. The molecule has 8 heteroatoms. The van der Waals surface area contributed by atoms with Crippen LogP contribution in [0.15, 0.2) is 22.7 Å². The van der Waals surface area contributed by atoms with E-state index in [2.05, 4.69) is 10.5 Å². The van der Waals surface area contributed by atoms with E-state index in [1.807, 2.05) is 32.0 Å². The molecule has 3 aromatic rings. The normalized spacial score (nSPS) is 13.2. The van der Waals surface area contributed by atoms with Crippen molar-refractivity contribution in [1.29, 1.82) is 0 Å². The van der Waals surface area contributed by atoms with E-state index in [1.54, 1.807) is 6.92 Å². The van der Waals surface area contributed by atoms with Gasteiger partial charge in [0.05, 0.1) is 18.2 Å². The molecule has 1 aliphatic rings. The lowest BCUT2D eigenvalue weighted by Crippen LogP contribution is -2.17. The Morgan fingerprint density at radius 2 is 1.91 bits per heavy atom. The number of esters is 1. The maximum atomic E-state index is 13.2. The highest BCUT2D eigenvalue weighted by molar-refractivity contribution is 7.17. The molecule has 0 radical (unpaired) electrons. The van der Waals surface area contributed by atoms with Crippen molar-refractivity contribution in [3.05, 3.63) is 62.3 Å². The van der Waals surface area contributed by atoms with Crippen molar-refractivity contribution in [1.82, 2.24) is 5.16 Å². The molecule has 0 aliphatic heterocycles. The number of hydrogen-bond donors (Lipinski definition) is 1. The van der Waals surface area contributed by atoms with E-state index in [-0.39, 0.29) is 12.3 Å². The summed E-state index contributed by atoms with van der Waals surface area (Å²) in [5.74, 6) is 0.352. The topological polar surface area (TPSA) is 90.7 Å². The minimum absolute atomic E-state index is 0.144. The van der Waals surface area contributed by atoms with Gasteiger partial charge in [-0.15, -0.1) is 11.3 Å². The number of nitrogens with zero attached hydrogens (tertiary/aromatic N) is 1. The minimum Gasteiger partial charge on any atom is -0.489 e. The molecule has 0 bridgehead atoms. The Morgan fingerprint density at radius 1 is 1.12 bits per heavy atom. The van der Waals surface area contributed by atoms with Gasteiger partial charge in [-0.25, -0.2) is 4.79 Å². The van der Waals surface area contributed by atoms with Gasteiger partial charge in [-0.1, -0.05) is 17.6 Å². The summed E-state index contributed by atoms with van der Waals surface area (Å²) in [5.41, 5.74) is 4.48. The molecular weight excluding hydrogens is 440 g/mol. The monoisotopic (exact) mass is 468 g/mol. The van der Waals surface area contributed by atoms with E-state index in [1.165, 1.54) is 24.0 Å². The third-order valence-electron chi connectivity index (χ3n) is 6.10. The SMILES string of the molecule is COC(=O)c1c(NC(=O)c2noc(C)c2COc2ccc(C)c(C)c2)sc2c1CCCCC2. The molecule has 0 spiro atoms. The quantitative estimate of drug-likeness (QED) is 0.377. The summed E-state index contributed by atoms with van der Waals surface area (Å²) in [7, 11) is 1.36. The van der Waals surface area contributed by atoms with Crippen molar-refractivity contribution in [3.63, 3.8) is 0 Å². The second-order valence-corrected chi connectivity index (χ2v) is 9.42. The van der Waals surface area contributed by atoms with Gasteiger partial charge in [0.2, 0.25) is 0 Å². The predicted molar refractivity (Wildman–Crippen MR) is 126 cm³/mol. The molecule has 33 heavy (non-hydrogen) atoms. The molecule has 1 aromatic carbocycles. The van der Waals surface area contributed by atoms with Crippen LogP contribution in [0.2, 0.25) is 0 Å². The second kappa shape index (κ2) is 9.79. The lowest BCUT2D eigenvalue weighted by molar-refractivity contribution is 0.0601. The van der Waals surface area contributed by atoms with E-state index in [0.717, 1.165) is 48.1 Å². The van der Waals surface area contributed by atoms with Gasteiger partial charge < -0.3 is 19.3 Å². The van der Waals surface area contributed by atoms with Crippen molar-refractivity contribution in [2.45, 2.75) is 59.5 Å². The van der Waals surface area contributed by atoms with Crippen LogP contribution >= 0.6 is 11.3 Å². The number of aryl methyl sites for hydroxylation is 4. The van der Waals surface area contributed by atoms with Crippen LogP contribution < -0.4 is 10.1 Å². The number of benzene rings is 1. The molecule has 0 saturated heterocycles.